The van der Waals surface area contributed by atoms with Gasteiger partial charge in [-0.25, -0.2) is 4.98 Å². The average molecular weight is 419 g/mol. The van der Waals surface area contributed by atoms with Crippen molar-refractivity contribution in [2.24, 2.45) is 7.05 Å². The molecule has 0 bridgehead atoms. The number of fused-ring (bicyclic) bond motifs is 3. The molecule has 8 heteroatoms. The second kappa shape index (κ2) is 8.55. The lowest BCUT2D eigenvalue weighted by atomic mass is 9.98. The van der Waals surface area contributed by atoms with Crippen LogP contribution in [0, 0.1) is 0 Å². The second-order valence-corrected chi connectivity index (χ2v) is 8.40. The van der Waals surface area contributed by atoms with Crippen LogP contribution in [0.3, 0.4) is 0 Å². The Hall–Kier alpha value is -3.13. The van der Waals surface area contributed by atoms with Crippen molar-refractivity contribution in [2.45, 2.75) is 51.9 Å². The van der Waals surface area contributed by atoms with Gasteiger partial charge in [-0.2, -0.15) is 10.2 Å². The Labute approximate surface area is 182 Å². The number of aryl methyl sites for hydroxylation is 4. The van der Waals surface area contributed by atoms with E-state index in [2.05, 4.69) is 50.5 Å². The number of imidazole rings is 1. The van der Waals surface area contributed by atoms with Crippen LogP contribution in [-0.2, 0) is 39.5 Å². The standard InChI is InChI=1S/C23H30N8/c1-17-4-5-19-20(26-17)6-7-21-23(19)27-22(9-14-30-12-3-10-25-30)31(21)15-11-24-16-18-8-13-29(2)28-18/h3,6-8,10,12-13,17,24,26H,4-5,9,11,14-16H2,1-2H3/t17-/m0/s1. The van der Waals surface area contributed by atoms with Gasteiger partial charge in [0.2, 0.25) is 0 Å². The first kappa shape index (κ1) is 19.8. The number of hydrogen-bond donors (Lipinski definition) is 2. The van der Waals surface area contributed by atoms with Gasteiger partial charge in [-0.1, -0.05) is 0 Å². The Balaban J connectivity index is 1.38. The third-order valence-corrected chi connectivity index (χ3v) is 6.04. The number of nitrogens with one attached hydrogen (secondary N) is 2. The lowest BCUT2D eigenvalue weighted by molar-refractivity contribution is 0.551. The van der Waals surface area contributed by atoms with Crippen molar-refractivity contribution in [1.29, 1.82) is 0 Å². The first-order valence-electron chi connectivity index (χ1n) is 11.1. The second-order valence-electron chi connectivity index (χ2n) is 8.40. The highest BCUT2D eigenvalue weighted by atomic mass is 15.3. The Morgan fingerprint density at radius 2 is 2.13 bits per heavy atom. The summed E-state index contributed by atoms with van der Waals surface area (Å²) < 4.78 is 6.19. The highest BCUT2D eigenvalue weighted by Crippen LogP contribution is 2.32. The summed E-state index contributed by atoms with van der Waals surface area (Å²) in [6.07, 6.45) is 8.89. The van der Waals surface area contributed by atoms with Gasteiger partial charge >= 0.3 is 0 Å². The van der Waals surface area contributed by atoms with E-state index in [0.717, 1.165) is 62.5 Å². The van der Waals surface area contributed by atoms with E-state index in [-0.39, 0.29) is 0 Å². The molecule has 8 nitrogen and oxygen atoms in total. The number of aromatic nitrogens is 6. The van der Waals surface area contributed by atoms with E-state index in [1.165, 1.54) is 16.8 Å². The Morgan fingerprint density at radius 1 is 1.19 bits per heavy atom. The van der Waals surface area contributed by atoms with Crippen LogP contribution < -0.4 is 10.6 Å². The van der Waals surface area contributed by atoms with Gasteiger partial charge < -0.3 is 15.2 Å². The molecular weight excluding hydrogens is 388 g/mol. The largest absolute Gasteiger partial charge is 0.382 e. The molecule has 3 aromatic heterocycles. The smallest absolute Gasteiger partial charge is 0.111 e. The average Bonchev–Trinajstić information content (AvgIpc) is 3.50. The molecular formula is C23H30N8. The summed E-state index contributed by atoms with van der Waals surface area (Å²) in [4.78, 5) is 5.13. The van der Waals surface area contributed by atoms with Crippen LogP contribution in [0.25, 0.3) is 11.0 Å². The summed E-state index contributed by atoms with van der Waals surface area (Å²) in [5, 5.41) is 15.9. The Bertz CT molecular complexity index is 1150. The molecule has 0 saturated heterocycles. The van der Waals surface area contributed by atoms with Crippen LogP contribution in [-0.4, -0.2) is 41.7 Å². The monoisotopic (exact) mass is 418 g/mol. The topological polar surface area (TPSA) is 77.5 Å². The van der Waals surface area contributed by atoms with Crippen molar-refractivity contribution < 1.29 is 0 Å². The van der Waals surface area contributed by atoms with Crippen molar-refractivity contribution in [3.8, 4) is 0 Å². The minimum absolute atomic E-state index is 0.516. The summed E-state index contributed by atoms with van der Waals surface area (Å²) in [6.45, 7) is 5.58. The van der Waals surface area contributed by atoms with Crippen molar-refractivity contribution >= 4 is 16.7 Å². The van der Waals surface area contributed by atoms with Gasteiger partial charge in [0.25, 0.3) is 0 Å². The van der Waals surface area contributed by atoms with Gasteiger partial charge in [-0.3, -0.25) is 9.36 Å². The summed E-state index contributed by atoms with van der Waals surface area (Å²) in [7, 11) is 1.95. The highest BCUT2D eigenvalue weighted by molar-refractivity contribution is 5.86. The normalized spacial score (nSPS) is 15.9. The van der Waals surface area contributed by atoms with Gasteiger partial charge in [-0.05, 0) is 44.0 Å². The minimum atomic E-state index is 0.516. The maximum absolute atomic E-state index is 5.13. The quantitative estimate of drug-likeness (QED) is 0.430. The molecule has 162 valence electrons. The van der Waals surface area contributed by atoms with Crippen LogP contribution in [0.4, 0.5) is 5.69 Å². The van der Waals surface area contributed by atoms with Gasteiger partial charge in [-0.15, -0.1) is 0 Å². The summed E-state index contributed by atoms with van der Waals surface area (Å²) in [5.41, 5.74) is 6.03. The maximum Gasteiger partial charge on any atom is 0.111 e. The van der Waals surface area contributed by atoms with Gasteiger partial charge in [0.15, 0.2) is 0 Å². The van der Waals surface area contributed by atoms with Crippen LogP contribution >= 0.6 is 0 Å². The molecule has 1 aromatic carbocycles. The molecule has 0 spiro atoms. The van der Waals surface area contributed by atoms with E-state index >= 15 is 0 Å². The maximum atomic E-state index is 5.13. The molecule has 31 heavy (non-hydrogen) atoms. The molecule has 1 atom stereocenters. The predicted octanol–water partition coefficient (Wildman–Crippen LogP) is 2.75. The zero-order valence-electron chi connectivity index (χ0n) is 18.3. The van der Waals surface area contributed by atoms with E-state index in [9.17, 15) is 0 Å². The van der Waals surface area contributed by atoms with Gasteiger partial charge in [0.1, 0.15) is 5.82 Å². The molecule has 0 fully saturated rings. The molecule has 1 aliphatic heterocycles. The lowest BCUT2D eigenvalue weighted by Crippen LogP contribution is -2.22. The number of nitrogens with zero attached hydrogens (tertiary/aromatic N) is 6. The Morgan fingerprint density at radius 3 is 2.94 bits per heavy atom. The fourth-order valence-corrected chi connectivity index (χ4v) is 4.43. The fraction of sp³-hybridized carbons (Fsp3) is 0.435. The molecule has 0 saturated carbocycles. The van der Waals surface area contributed by atoms with Crippen molar-refractivity contribution in [3.63, 3.8) is 0 Å². The summed E-state index contributed by atoms with van der Waals surface area (Å²) >= 11 is 0. The third kappa shape index (κ3) is 4.20. The molecule has 0 amide bonds. The van der Waals surface area contributed by atoms with Crippen molar-refractivity contribution in [1.82, 2.24) is 34.4 Å². The molecule has 4 aromatic rings. The van der Waals surface area contributed by atoms with E-state index in [4.69, 9.17) is 4.98 Å². The molecule has 4 heterocycles. The minimum Gasteiger partial charge on any atom is -0.382 e. The molecule has 5 rings (SSSR count). The van der Waals surface area contributed by atoms with E-state index < -0.39 is 0 Å². The first-order valence-corrected chi connectivity index (χ1v) is 11.1. The number of hydrogen-bond acceptors (Lipinski definition) is 5. The van der Waals surface area contributed by atoms with Crippen LogP contribution in [0.15, 0.2) is 42.9 Å². The summed E-state index contributed by atoms with van der Waals surface area (Å²) in [5.74, 6) is 1.12. The van der Waals surface area contributed by atoms with E-state index in [1.807, 2.05) is 41.1 Å². The molecule has 0 aliphatic carbocycles. The zero-order chi connectivity index (χ0) is 21.2. The van der Waals surface area contributed by atoms with E-state index in [1.54, 1.807) is 0 Å². The van der Waals surface area contributed by atoms with Crippen molar-refractivity contribution in [3.05, 3.63) is 59.9 Å². The molecule has 1 aliphatic rings. The molecule has 0 radical (unpaired) electrons. The third-order valence-electron chi connectivity index (χ3n) is 6.04. The van der Waals surface area contributed by atoms with Crippen LogP contribution in [0.1, 0.15) is 30.4 Å². The molecule has 2 N–H and O–H groups in total. The number of benzene rings is 1. The Kier molecular flexibility index (Phi) is 5.46. The van der Waals surface area contributed by atoms with E-state index in [0.29, 0.717) is 6.04 Å². The fourth-order valence-electron chi connectivity index (χ4n) is 4.43. The lowest BCUT2D eigenvalue weighted by Gasteiger charge is -2.24. The number of rotatable bonds is 8. The van der Waals surface area contributed by atoms with Crippen molar-refractivity contribution in [2.75, 3.05) is 11.9 Å². The summed E-state index contributed by atoms with van der Waals surface area (Å²) in [6, 6.07) is 8.98. The van der Waals surface area contributed by atoms with Gasteiger partial charge in [0.05, 0.1) is 16.7 Å². The number of anilines is 1. The van der Waals surface area contributed by atoms with Crippen LogP contribution in [0.2, 0.25) is 0 Å². The SMILES string of the molecule is C[C@H]1CCc2c(ccc3c2nc(CCn2cccn2)n3CCNCc2ccn(C)n2)N1. The van der Waals surface area contributed by atoms with Crippen LogP contribution in [0.5, 0.6) is 0 Å². The van der Waals surface area contributed by atoms with Gasteiger partial charge in [0, 0.05) is 75.5 Å². The zero-order valence-corrected chi connectivity index (χ0v) is 18.3. The highest BCUT2D eigenvalue weighted by Gasteiger charge is 2.20. The first-order chi connectivity index (χ1) is 15.2. The molecule has 0 unspecified atom stereocenters. The predicted molar refractivity (Wildman–Crippen MR) is 122 cm³/mol.